The number of phenols is 1. The summed E-state index contributed by atoms with van der Waals surface area (Å²) in [7, 11) is 0. The summed E-state index contributed by atoms with van der Waals surface area (Å²) in [5, 5.41) is 12.2. The van der Waals surface area contributed by atoms with Crippen molar-refractivity contribution in [2.24, 2.45) is 0 Å². The molecule has 1 amide bonds. The minimum Gasteiger partial charge on any atom is -0.508 e. The van der Waals surface area contributed by atoms with Crippen LogP contribution >= 0.6 is 11.3 Å². The molecular weight excluding hydrogens is 308 g/mol. The van der Waals surface area contributed by atoms with Crippen LogP contribution in [0.1, 0.15) is 15.2 Å². The number of nitrogens with one attached hydrogen (secondary N) is 1. The largest absolute Gasteiger partial charge is 0.508 e. The van der Waals surface area contributed by atoms with Crippen LogP contribution in [0.2, 0.25) is 0 Å². The van der Waals surface area contributed by atoms with E-state index in [1.165, 1.54) is 11.3 Å². The van der Waals surface area contributed by atoms with Crippen molar-refractivity contribution in [3.63, 3.8) is 0 Å². The summed E-state index contributed by atoms with van der Waals surface area (Å²) in [6.45, 7) is 0.562. The summed E-state index contributed by atoms with van der Waals surface area (Å²) < 4.78 is 0. The van der Waals surface area contributed by atoms with Gasteiger partial charge in [0.05, 0.1) is 4.88 Å². The Bertz CT molecular complexity index is 782. The second-order valence-corrected chi connectivity index (χ2v) is 6.16. The molecule has 0 bridgehead atoms. The molecule has 2 aromatic heterocycles. The van der Waals surface area contributed by atoms with Crippen molar-refractivity contribution in [1.82, 2.24) is 10.3 Å². The zero-order chi connectivity index (χ0) is 16.1. The minimum atomic E-state index is -0.0610. The van der Waals surface area contributed by atoms with Crippen LogP contribution in [0.15, 0.2) is 60.9 Å². The van der Waals surface area contributed by atoms with Gasteiger partial charge in [-0.1, -0.05) is 12.1 Å². The van der Waals surface area contributed by atoms with Gasteiger partial charge in [0.2, 0.25) is 0 Å². The normalized spacial score (nSPS) is 10.4. The van der Waals surface area contributed by atoms with Crippen molar-refractivity contribution in [2.45, 2.75) is 6.42 Å². The Morgan fingerprint density at radius 3 is 2.52 bits per heavy atom. The van der Waals surface area contributed by atoms with Gasteiger partial charge in [-0.25, -0.2) is 0 Å². The summed E-state index contributed by atoms with van der Waals surface area (Å²) >= 11 is 1.47. The van der Waals surface area contributed by atoms with Gasteiger partial charge in [-0.15, -0.1) is 11.3 Å². The van der Waals surface area contributed by atoms with Crippen molar-refractivity contribution in [3.05, 3.63) is 71.4 Å². The van der Waals surface area contributed by atoms with Crippen LogP contribution in [0.3, 0.4) is 0 Å². The maximum Gasteiger partial charge on any atom is 0.261 e. The van der Waals surface area contributed by atoms with E-state index in [1.807, 2.05) is 36.4 Å². The third-order valence-corrected chi connectivity index (χ3v) is 4.56. The average Bonchev–Trinajstić information content (AvgIpc) is 3.07. The van der Waals surface area contributed by atoms with Gasteiger partial charge in [0.15, 0.2) is 0 Å². The van der Waals surface area contributed by atoms with E-state index in [0.717, 1.165) is 22.4 Å². The Morgan fingerprint density at radius 2 is 1.78 bits per heavy atom. The predicted molar refractivity (Wildman–Crippen MR) is 91.7 cm³/mol. The van der Waals surface area contributed by atoms with Gasteiger partial charge in [0.25, 0.3) is 5.91 Å². The van der Waals surface area contributed by atoms with Crippen LogP contribution in [0.5, 0.6) is 5.75 Å². The summed E-state index contributed by atoms with van der Waals surface area (Å²) in [6.07, 6.45) is 4.22. The van der Waals surface area contributed by atoms with Crippen LogP contribution in [0.25, 0.3) is 10.4 Å². The monoisotopic (exact) mass is 324 g/mol. The van der Waals surface area contributed by atoms with Gasteiger partial charge in [-0.2, -0.15) is 0 Å². The van der Waals surface area contributed by atoms with E-state index in [-0.39, 0.29) is 11.7 Å². The highest BCUT2D eigenvalue weighted by Crippen LogP contribution is 2.27. The highest BCUT2D eigenvalue weighted by atomic mass is 32.1. The molecule has 116 valence electrons. The number of carbonyl (C=O) groups excluding carboxylic acids is 1. The quantitative estimate of drug-likeness (QED) is 0.755. The first-order chi connectivity index (χ1) is 11.2. The van der Waals surface area contributed by atoms with E-state index in [4.69, 9.17) is 0 Å². The molecule has 0 saturated carbocycles. The van der Waals surface area contributed by atoms with E-state index in [2.05, 4.69) is 10.3 Å². The van der Waals surface area contributed by atoms with Crippen LogP contribution in [-0.4, -0.2) is 22.5 Å². The molecule has 5 heteroatoms. The first-order valence-electron chi connectivity index (χ1n) is 7.29. The molecule has 0 fully saturated rings. The number of thiophene rings is 1. The Kier molecular flexibility index (Phi) is 4.68. The zero-order valence-corrected chi connectivity index (χ0v) is 13.2. The van der Waals surface area contributed by atoms with Crippen molar-refractivity contribution >= 4 is 17.2 Å². The fourth-order valence-electron chi connectivity index (χ4n) is 2.20. The van der Waals surface area contributed by atoms with Gasteiger partial charge >= 0.3 is 0 Å². The fraction of sp³-hybridized carbons (Fsp3) is 0.111. The highest BCUT2D eigenvalue weighted by molar-refractivity contribution is 7.17. The number of aromatic nitrogens is 1. The maximum absolute atomic E-state index is 12.2. The van der Waals surface area contributed by atoms with Crippen molar-refractivity contribution in [2.75, 3.05) is 6.54 Å². The highest BCUT2D eigenvalue weighted by Gasteiger charge is 2.09. The molecular formula is C18H16N2O2S. The lowest BCUT2D eigenvalue weighted by atomic mass is 10.1. The topological polar surface area (TPSA) is 62.2 Å². The number of hydrogen-bond acceptors (Lipinski definition) is 4. The maximum atomic E-state index is 12.2. The van der Waals surface area contributed by atoms with Crippen molar-refractivity contribution in [1.29, 1.82) is 0 Å². The Balaban J connectivity index is 1.56. The van der Waals surface area contributed by atoms with E-state index in [1.54, 1.807) is 24.5 Å². The molecule has 0 atom stereocenters. The molecule has 0 spiro atoms. The van der Waals surface area contributed by atoms with E-state index >= 15 is 0 Å². The smallest absolute Gasteiger partial charge is 0.261 e. The number of phenolic OH excluding ortho intramolecular Hbond substituents is 1. The number of carbonyl (C=O) groups is 1. The molecule has 0 aliphatic heterocycles. The van der Waals surface area contributed by atoms with Gasteiger partial charge in [0.1, 0.15) is 5.75 Å². The van der Waals surface area contributed by atoms with Gasteiger partial charge in [-0.05, 0) is 53.9 Å². The number of benzene rings is 1. The lowest BCUT2D eigenvalue weighted by Gasteiger charge is -2.04. The van der Waals surface area contributed by atoms with Gasteiger partial charge < -0.3 is 10.4 Å². The van der Waals surface area contributed by atoms with Crippen LogP contribution in [0.4, 0.5) is 0 Å². The van der Waals surface area contributed by atoms with Crippen LogP contribution in [0, 0.1) is 0 Å². The predicted octanol–water partition coefficient (Wildman–Crippen LogP) is 3.49. The second kappa shape index (κ2) is 7.07. The first-order valence-corrected chi connectivity index (χ1v) is 8.10. The molecule has 0 saturated heterocycles. The van der Waals surface area contributed by atoms with E-state index in [9.17, 15) is 9.90 Å². The lowest BCUT2D eigenvalue weighted by Crippen LogP contribution is -2.24. The van der Waals surface area contributed by atoms with Gasteiger partial charge in [-0.3, -0.25) is 9.78 Å². The zero-order valence-electron chi connectivity index (χ0n) is 12.4. The third kappa shape index (κ3) is 3.96. The van der Waals surface area contributed by atoms with E-state index in [0.29, 0.717) is 11.4 Å². The fourth-order valence-corrected chi connectivity index (χ4v) is 3.13. The molecule has 3 aromatic rings. The van der Waals surface area contributed by atoms with E-state index < -0.39 is 0 Å². The Morgan fingerprint density at radius 1 is 1.04 bits per heavy atom. The molecule has 0 aliphatic rings. The van der Waals surface area contributed by atoms with Gasteiger partial charge in [0, 0.05) is 23.8 Å². The SMILES string of the molecule is O=C(NCCc1ccc(O)cc1)c1ccc(-c2ccncc2)s1. The molecule has 4 nitrogen and oxygen atoms in total. The molecule has 0 unspecified atom stereocenters. The second-order valence-electron chi connectivity index (χ2n) is 5.07. The number of rotatable bonds is 5. The molecule has 0 aliphatic carbocycles. The molecule has 0 radical (unpaired) electrons. The summed E-state index contributed by atoms with van der Waals surface area (Å²) in [5.41, 5.74) is 2.14. The summed E-state index contributed by atoms with van der Waals surface area (Å²) in [4.78, 5) is 17.9. The van der Waals surface area contributed by atoms with Crippen LogP contribution < -0.4 is 5.32 Å². The van der Waals surface area contributed by atoms with Crippen molar-refractivity contribution in [3.8, 4) is 16.2 Å². The lowest BCUT2D eigenvalue weighted by molar-refractivity contribution is 0.0958. The Labute approximate surface area is 138 Å². The molecule has 3 rings (SSSR count). The molecule has 2 N–H and O–H groups in total. The number of amides is 1. The van der Waals surface area contributed by atoms with Crippen LogP contribution in [-0.2, 0) is 6.42 Å². The average molecular weight is 324 g/mol. The number of pyridine rings is 1. The molecule has 23 heavy (non-hydrogen) atoms. The Hall–Kier alpha value is -2.66. The van der Waals surface area contributed by atoms with Crippen molar-refractivity contribution < 1.29 is 9.90 Å². The number of hydrogen-bond donors (Lipinski definition) is 2. The first kappa shape index (κ1) is 15.2. The molecule has 1 aromatic carbocycles. The summed E-state index contributed by atoms with van der Waals surface area (Å²) in [5.74, 6) is 0.189. The number of aromatic hydroxyl groups is 1. The third-order valence-electron chi connectivity index (χ3n) is 3.43. The summed E-state index contributed by atoms with van der Waals surface area (Å²) in [6, 6.07) is 14.7. The minimum absolute atomic E-state index is 0.0610. The standard InChI is InChI=1S/C18H16N2O2S/c21-15-3-1-13(2-4-15)7-12-20-18(22)17-6-5-16(23-17)14-8-10-19-11-9-14/h1-6,8-11,21H,7,12H2,(H,20,22). The molecule has 2 heterocycles. The number of nitrogens with zero attached hydrogens (tertiary/aromatic N) is 1.